The van der Waals surface area contributed by atoms with E-state index in [1.165, 1.54) is 4.88 Å². The lowest BCUT2D eigenvalue weighted by Gasteiger charge is -2.26. The Hall–Kier alpha value is -0.430. The second-order valence-corrected chi connectivity index (χ2v) is 9.30. The highest BCUT2D eigenvalue weighted by Gasteiger charge is 2.27. The number of hydrogen-bond acceptors (Lipinski definition) is 4. The van der Waals surface area contributed by atoms with E-state index in [1.807, 2.05) is 32.9 Å². The Kier molecular flexibility index (Phi) is 5.82. The maximum Gasteiger partial charge on any atom is 0.214 e. The van der Waals surface area contributed by atoms with Crippen LogP contribution >= 0.6 is 11.3 Å². The molecule has 1 fully saturated rings. The number of hydrogen-bond donors (Lipinski definition) is 0. The number of aryl methyl sites for hydroxylation is 1. The van der Waals surface area contributed by atoms with E-state index < -0.39 is 10.0 Å². The van der Waals surface area contributed by atoms with Gasteiger partial charge in [0.2, 0.25) is 10.0 Å². The fourth-order valence-electron chi connectivity index (χ4n) is 2.60. The summed E-state index contributed by atoms with van der Waals surface area (Å²) >= 11 is 1.66. The van der Waals surface area contributed by atoms with E-state index in [0.29, 0.717) is 13.0 Å². The molecule has 1 saturated heterocycles. The van der Waals surface area contributed by atoms with Crippen molar-refractivity contribution in [3.8, 4) is 0 Å². The largest absolute Gasteiger partial charge is 0.378 e. The summed E-state index contributed by atoms with van der Waals surface area (Å²) in [7, 11) is -3.24. The number of rotatable bonds is 7. The number of nitrogens with zero attached hydrogens (tertiary/aromatic N) is 1. The fourth-order valence-corrected chi connectivity index (χ4v) is 5.34. The number of ether oxygens (including phenoxy) is 1. The van der Waals surface area contributed by atoms with Crippen LogP contribution in [-0.2, 0) is 21.3 Å². The summed E-state index contributed by atoms with van der Waals surface area (Å²) in [5.41, 5.74) is 0. The first kappa shape index (κ1) is 16.9. The molecule has 6 heteroatoms. The van der Waals surface area contributed by atoms with Gasteiger partial charge in [-0.3, -0.25) is 0 Å². The third-order valence-corrected chi connectivity index (χ3v) is 6.77. The second kappa shape index (κ2) is 7.22. The van der Waals surface area contributed by atoms with Gasteiger partial charge in [0.05, 0.1) is 11.9 Å². The predicted molar refractivity (Wildman–Crippen MR) is 87.1 cm³/mol. The van der Waals surface area contributed by atoms with Crippen molar-refractivity contribution in [1.82, 2.24) is 4.31 Å². The fraction of sp³-hybridized carbons (Fsp3) is 0.733. The number of sulfonamides is 1. The molecule has 1 aromatic rings. The van der Waals surface area contributed by atoms with E-state index in [1.54, 1.807) is 15.6 Å². The van der Waals surface area contributed by atoms with Crippen LogP contribution in [0.2, 0.25) is 0 Å². The summed E-state index contributed by atoms with van der Waals surface area (Å²) in [4.78, 5) is 2.31. The summed E-state index contributed by atoms with van der Waals surface area (Å²) < 4.78 is 32.4. The molecule has 4 nitrogen and oxygen atoms in total. The van der Waals surface area contributed by atoms with E-state index in [2.05, 4.69) is 0 Å². The third kappa shape index (κ3) is 4.77. The molecule has 21 heavy (non-hydrogen) atoms. The minimum absolute atomic E-state index is 0.0260. The van der Waals surface area contributed by atoms with Crippen LogP contribution in [-0.4, -0.2) is 37.2 Å². The Labute approximate surface area is 132 Å². The van der Waals surface area contributed by atoms with Crippen LogP contribution < -0.4 is 0 Å². The molecular weight excluding hydrogens is 306 g/mol. The van der Waals surface area contributed by atoms with Gasteiger partial charge in [0.25, 0.3) is 0 Å². The van der Waals surface area contributed by atoms with Gasteiger partial charge in [-0.05, 0) is 52.2 Å². The van der Waals surface area contributed by atoms with Gasteiger partial charge >= 0.3 is 0 Å². The molecular formula is C15H25NO3S2. The Morgan fingerprint density at radius 3 is 2.71 bits per heavy atom. The molecule has 0 aliphatic carbocycles. The Morgan fingerprint density at radius 2 is 2.19 bits per heavy atom. The van der Waals surface area contributed by atoms with Crippen LogP contribution in [0.25, 0.3) is 0 Å². The van der Waals surface area contributed by atoms with Crippen molar-refractivity contribution in [3.05, 3.63) is 21.9 Å². The van der Waals surface area contributed by atoms with Crippen molar-refractivity contribution in [2.75, 3.05) is 12.4 Å². The molecule has 2 heterocycles. The van der Waals surface area contributed by atoms with Crippen molar-refractivity contribution >= 4 is 21.4 Å². The first-order chi connectivity index (χ1) is 9.88. The molecule has 0 spiro atoms. The molecule has 0 aromatic carbocycles. The highest BCUT2D eigenvalue weighted by molar-refractivity contribution is 7.89. The van der Waals surface area contributed by atoms with Gasteiger partial charge < -0.3 is 4.74 Å². The van der Waals surface area contributed by atoms with Crippen LogP contribution in [0.4, 0.5) is 0 Å². The van der Waals surface area contributed by atoms with Gasteiger partial charge in [-0.25, -0.2) is 8.42 Å². The minimum Gasteiger partial charge on any atom is -0.378 e. The van der Waals surface area contributed by atoms with Gasteiger partial charge in [0, 0.05) is 28.9 Å². The monoisotopic (exact) mass is 331 g/mol. The van der Waals surface area contributed by atoms with Gasteiger partial charge in [-0.2, -0.15) is 4.31 Å². The molecule has 0 amide bonds. The summed E-state index contributed by atoms with van der Waals surface area (Å²) in [6.45, 7) is 7.16. The Balaban J connectivity index is 2.01. The van der Waals surface area contributed by atoms with Gasteiger partial charge in [0.15, 0.2) is 0 Å². The molecule has 0 bridgehead atoms. The normalized spacial score (nSPS) is 19.8. The predicted octanol–water partition coefficient (Wildman–Crippen LogP) is 3.17. The van der Waals surface area contributed by atoms with Crippen molar-refractivity contribution in [1.29, 1.82) is 0 Å². The molecule has 120 valence electrons. The average molecular weight is 332 g/mol. The topological polar surface area (TPSA) is 46.6 Å². The Bertz CT molecular complexity index is 545. The van der Waals surface area contributed by atoms with E-state index >= 15 is 0 Å². The summed E-state index contributed by atoms with van der Waals surface area (Å²) in [6.07, 6.45) is 2.77. The van der Waals surface area contributed by atoms with Crippen LogP contribution in [0.5, 0.6) is 0 Å². The highest BCUT2D eigenvalue weighted by atomic mass is 32.2. The molecule has 0 unspecified atom stereocenters. The molecule has 1 aliphatic rings. The molecule has 1 atom stereocenters. The standard InChI is InChI=1S/C15H25NO3S2/c1-12(2)16(11-15-7-6-13(3)20-15)21(17,18)10-8-14-5-4-9-19-14/h6-7,12,14H,4-5,8-11H2,1-3H3/t14-/m1/s1. The third-order valence-electron chi connectivity index (χ3n) is 3.76. The van der Waals surface area contributed by atoms with Crippen molar-refractivity contribution < 1.29 is 13.2 Å². The highest BCUT2D eigenvalue weighted by Crippen LogP contribution is 2.22. The first-order valence-corrected chi connectivity index (χ1v) is 9.97. The molecule has 1 aromatic heterocycles. The molecule has 2 rings (SSSR count). The van der Waals surface area contributed by atoms with Crippen molar-refractivity contribution in [3.63, 3.8) is 0 Å². The summed E-state index contributed by atoms with van der Waals surface area (Å²) in [5.74, 6) is 0.181. The van der Waals surface area contributed by atoms with Crippen LogP contribution in [0.1, 0.15) is 42.9 Å². The lowest BCUT2D eigenvalue weighted by molar-refractivity contribution is 0.108. The van der Waals surface area contributed by atoms with Gasteiger partial charge in [-0.15, -0.1) is 11.3 Å². The van der Waals surface area contributed by atoms with E-state index in [9.17, 15) is 8.42 Å². The lowest BCUT2D eigenvalue weighted by atomic mass is 10.2. The van der Waals surface area contributed by atoms with Crippen molar-refractivity contribution in [2.45, 2.75) is 58.7 Å². The van der Waals surface area contributed by atoms with E-state index in [0.717, 1.165) is 24.3 Å². The molecule has 0 radical (unpaired) electrons. The minimum atomic E-state index is -3.24. The zero-order valence-electron chi connectivity index (χ0n) is 13.0. The first-order valence-electron chi connectivity index (χ1n) is 7.55. The summed E-state index contributed by atoms with van der Waals surface area (Å²) in [5, 5.41) is 0. The smallest absolute Gasteiger partial charge is 0.214 e. The van der Waals surface area contributed by atoms with Crippen LogP contribution in [0.15, 0.2) is 12.1 Å². The molecule has 1 aliphatic heterocycles. The zero-order valence-corrected chi connectivity index (χ0v) is 14.7. The molecule has 0 N–H and O–H groups in total. The molecule has 0 saturated carbocycles. The average Bonchev–Trinajstić information content (AvgIpc) is 3.04. The van der Waals surface area contributed by atoms with Gasteiger partial charge in [-0.1, -0.05) is 0 Å². The maximum absolute atomic E-state index is 12.6. The van der Waals surface area contributed by atoms with E-state index in [4.69, 9.17) is 4.74 Å². The van der Waals surface area contributed by atoms with Crippen LogP contribution in [0.3, 0.4) is 0 Å². The zero-order chi connectivity index (χ0) is 15.5. The van der Waals surface area contributed by atoms with E-state index in [-0.39, 0.29) is 17.9 Å². The number of thiophene rings is 1. The van der Waals surface area contributed by atoms with Crippen molar-refractivity contribution in [2.24, 2.45) is 0 Å². The van der Waals surface area contributed by atoms with Gasteiger partial charge in [0.1, 0.15) is 0 Å². The summed E-state index contributed by atoms with van der Waals surface area (Å²) in [6, 6.07) is 4.03. The second-order valence-electron chi connectivity index (χ2n) is 5.89. The Morgan fingerprint density at radius 1 is 1.43 bits per heavy atom. The SMILES string of the molecule is Cc1ccc(CN(C(C)C)S(=O)(=O)CC[C@H]2CCCO2)s1. The maximum atomic E-state index is 12.6. The lowest BCUT2D eigenvalue weighted by Crippen LogP contribution is -2.38. The quantitative estimate of drug-likeness (QED) is 0.771. The van der Waals surface area contributed by atoms with Crippen LogP contribution in [0, 0.1) is 6.92 Å².